The lowest BCUT2D eigenvalue weighted by Gasteiger charge is -2.02. The van der Waals surface area contributed by atoms with E-state index in [0.717, 1.165) is 17.4 Å². The van der Waals surface area contributed by atoms with Gasteiger partial charge in [0, 0.05) is 18.0 Å². The minimum absolute atomic E-state index is 0.0985. The maximum atomic E-state index is 11.9. The van der Waals surface area contributed by atoms with Crippen LogP contribution in [0.25, 0.3) is 0 Å². The summed E-state index contributed by atoms with van der Waals surface area (Å²) in [5.41, 5.74) is 4.18. The van der Waals surface area contributed by atoms with Crippen molar-refractivity contribution in [1.82, 2.24) is 4.98 Å². The van der Waals surface area contributed by atoms with Crippen molar-refractivity contribution in [3.05, 3.63) is 58.3 Å². The molecular formula is C14H11N5O3. The van der Waals surface area contributed by atoms with Gasteiger partial charge in [-0.25, -0.2) is 4.98 Å². The van der Waals surface area contributed by atoms with Crippen LogP contribution in [0.3, 0.4) is 0 Å². The number of hydrazone groups is 1. The van der Waals surface area contributed by atoms with E-state index in [9.17, 15) is 14.9 Å². The van der Waals surface area contributed by atoms with Gasteiger partial charge in [-0.3, -0.25) is 20.3 Å². The number of carbonyl (C=O) groups excluding carboxylic acids is 1. The van der Waals surface area contributed by atoms with Crippen LogP contribution < -0.4 is 10.7 Å². The smallest absolute Gasteiger partial charge is 0.287 e. The first-order valence-electron chi connectivity index (χ1n) is 6.44. The van der Waals surface area contributed by atoms with Crippen LogP contribution >= 0.6 is 0 Å². The molecule has 1 aliphatic rings. The molecule has 1 aromatic carbocycles. The number of benzene rings is 1. The number of nitro groups is 1. The highest BCUT2D eigenvalue weighted by Gasteiger charge is 2.28. The van der Waals surface area contributed by atoms with E-state index in [4.69, 9.17) is 0 Å². The molecule has 1 atom stereocenters. The van der Waals surface area contributed by atoms with Crippen LogP contribution in [0, 0.1) is 10.1 Å². The van der Waals surface area contributed by atoms with Gasteiger partial charge in [0.25, 0.3) is 5.69 Å². The molecule has 3 rings (SSSR count). The summed E-state index contributed by atoms with van der Waals surface area (Å²) in [6.45, 7) is 0. The zero-order valence-corrected chi connectivity index (χ0v) is 11.3. The molecule has 0 radical (unpaired) electrons. The van der Waals surface area contributed by atoms with Crippen molar-refractivity contribution >= 4 is 29.3 Å². The van der Waals surface area contributed by atoms with Gasteiger partial charge >= 0.3 is 0 Å². The molecule has 0 saturated carbocycles. The van der Waals surface area contributed by atoms with Crippen LogP contribution in [0.4, 0.5) is 17.2 Å². The fraction of sp³-hybridized carbons (Fsp3) is 0.0714. The highest BCUT2D eigenvalue weighted by Crippen LogP contribution is 2.30. The SMILES string of the molecule is O=C1Nc2ccccc2[C@@H]1/C=N\Nc1ccc([N+](=O)[O-])cn1. The van der Waals surface area contributed by atoms with Crippen molar-refractivity contribution < 1.29 is 9.72 Å². The lowest BCUT2D eigenvalue weighted by atomic mass is 10.0. The van der Waals surface area contributed by atoms with Gasteiger partial charge in [0.05, 0.1) is 4.92 Å². The lowest BCUT2D eigenvalue weighted by Crippen LogP contribution is -2.13. The quantitative estimate of drug-likeness (QED) is 0.510. The predicted octanol–water partition coefficient (Wildman–Crippen LogP) is 2.12. The Hall–Kier alpha value is -3.29. The van der Waals surface area contributed by atoms with E-state index in [2.05, 4.69) is 20.8 Å². The van der Waals surface area contributed by atoms with Crippen molar-refractivity contribution in [2.24, 2.45) is 5.10 Å². The average Bonchev–Trinajstić information content (AvgIpc) is 2.84. The van der Waals surface area contributed by atoms with Crippen LogP contribution in [0.15, 0.2) is 47.7 Å². The number of pyridine rings is 1. The number of anilines is 2. The summed E-state index contributed by atoms with van der Waals surface area (Å²) >= 11 is 0. The van der Waals surface area contributed by atoms with Gasteiger partial charge in [-0.2, -0.15) is 5.10 Å². The number of nitrogens with one attached hydrogen (secondary N) is 2. The minimum atomic E-state index is -0.528. The maximum absolute atomic E-state index is 11.9. The third-order valence-corrected chi connectivity index (χ3v) is 3.20. The number of fused-ring (bicyclic) bond motifs is 1. The van der Waals surface area contributed by atoms with Crippen molar-refractivity contribution in [2.75, 3.05) is 10.7 Å². The fourth-order valence-corrected chi connectivity index (χ4v) is 2.12. The topological polar surface area (TPSA) is 110 Å². The van der Waals surface area contributed by atoms with E-state index < -0.39 is 10.8 Å². The summed E-state index contributed by atoms with van der Waals surface area (Å²) < 4.78 is 0. The first-order chi connectivity index (χ1) is 10.6. The number of hydrogen-bond donors (Lipinski definition) is 2. The number of para-hydroxylation sites is 1. The Bertz CT molecular complexity index is 757. The molecular weight excluding hydrogens is 286 g/mol. The van der Waals surface area contributed by atoms with E-state index in [1.54, 1.807) is 0 Å². The molecule has 0 aliphatic carbocycles. The van der Waals surface area contributed by atoms with Crippen LogP contribution in [-0.4, -0.2) is 22.0 Å². The fourth-order valence-electron chi connectivity index (χ4n) is 2.12. The molecule has 0 unspecified atom stereocenters. The number of aromatic nitrogens is 1. The summed E-state index contributed by atoms with van der Waals surface area (Å²) in [4.78, 5) is 25.7. The van der Waals surface area contributed by atoms with E-state index in [0.29, 0.717) is 5.82 Å². The molecule has 2 N–H and O–H groups in total. The molecule has 1 aromatic heterocycles. The summed E-state index contributed by atoms with van der Waals surface area (Å²) in [7, 11) is 0. The van der Waals surface area contributed by atoms with E-state index in [1.807, 2.05) is 24.3 Å². The zero-order valence-electron chi connectivity index (χ0n) is 11.3. The maximum Gasteiger partial charge on any atom is 0.287 e. The van der Waals surface area contributed by atoms with Gasteiger partial charge in [0.15, 0.2) is 0 Å². The van der Waals surface area contributed by atoms with Gasteiger partial charge in [0.2, 0.25) is 5.91 Å². The van der Waals surface area contributed by atoms with Crippen LogP contribution in [0.1, 0.15) is 11.5 Å². The molecule has 110 valence electrons. The Balaban J connectivity index is 1.70. The second-order valence-corrected chi connectivity index (χ2v) is 4.60. The second-order valence-electron chi connectivity index (χ2n) is 4.60. The molecule has 2 heterocycles. The molecule has 0 saturated heterocycles. The minimum Gasteiger partial charge on any atom is -0.325 e. The van der Waals surface area contributed by atoms with E-state index in [-0.39, 0.29) is 11.6 Å². The van der Waals surface area contributed by atoms with Gasteiger partial charge in [-0.15, -0.1) is 0 Å². The lowest BCUT2D eigenvalue weighted by molar-refractivity contribution is -0.385. The van der Waals surface area contributed by atoms with E-state index in [1.165, 1.54) is 18.3 Å². The van der Waals surface area contributed by atoms with Crippen molar-refractivity contribution in [3.63, 3.8) is 0 Å². The molecule has 8 nitrogen and oxygen atoms in total. The Labute approximate surface area is 125 Å². The van der Waals surface area contributed by atoms with Crippen LogP contribution in [0.5, 0.6) is 0 Å². The normalized spacial score (nSPS) is 16.4. The Morgan fingerprint density at radius 3 is 2.86 bits per heavy atom. The number of nitrogens with zero attached hydrogens (tertiary/aromatic N) is 3. The summed E-state index contributed by atoms with van der Waals surface area (Å²) in [5, 5.41) is 17.3. The zero-order chi connectivity index (χ0) is 15.5. The highest BCUT2D eigenvalue weighted by atomic mass is 16.6. The first-order valence-corrected chi connectivity index (χ1v) is 6.44. The number of carbonyl (C=O) groups is 1. The monoisotopic (exact) mass is 297 g/mol. The Morgan fingerprint density at radius 2 is 2.14 bits per heavy atom. The van der Waals surface area contributed by atoms with Crippen LogP contribution in [-0.2, 0) is 4.79 Å². The standard InChI is InChI=1S/C14H11N5O3/c20-14-11(10-3-1-2-4-12(10)17-14)8-16-18-13-6-5-9(7-15-13)19(21)22/h1-8,11H,(H,15,18)(H,17,20)/b16-8-/t11-/m0/s1. The molecule has 1 aliphatic heterocycles. The first kappa shape index (κ1) is 13.7. The van der Waals surface area contributed by atoms with E-state index >= 15 is 0 Å². The van der Waals surface area contributed by atoms with Crippen LogP contribution in [0.2, 0.25) is 0 Å². The van der Waals surface area contributed by atoms with Crippen molar-refractivity contribution in [3.8, 4) is 0 Å². The third-order valence-electron chi connectivity index (χ3n) is 3.20. The molecule has 0 bridgehead atoms. The number of hydrogen-bond acceptors (Lipinski definition) is 6. The summed E-state index contributed by atoms with van der Waals surface area (Å²) in [5.74, 6) is -0.265. The molecule has 22 heavy (non-hydrogen) atoms. The highest BCUT2D eigenvalue weighted by molar-refractivity contribution is 6.12. The number of amides is 1. The molecule has 2 aromatic rings. The van der Waals surface area contributed by atoms with Crippen molar-refractivity contribution in [1.29, 1.82) is 0 Å². The predicted molar refractivity (Wildman–Crippen MR) is 80.8 cm³/mol. The van der Waals surface area contributed by atoms with Gasteiger partial charge < -0.3 is 5.32 Å². The second kappa shape index (κ2) is 5.60. The average molecular weight is 297 g/mol. The summed E-state index contributed by atoms with van der Waals surface area (Å²) in [6, 6.07) is 10.1. The molecule has 0 fully saturated rings. The number of rotatable bonds is 4. The molecule has 0 spiro atoms. The van der Waals surface area contributed by atoms with Crippen molar-refractivity contribution in [2.45, 2.75) is 5.92 Å². The van der Waals surface area contributed by atoms with Gasteiger partial charge in [-0.05, 0) is 17.7 Å². The Morgan fingerprint density at radius 1 is 1.32 bits per heavy atom. The molecule has 8 heteroatoms. The largest absolute Gasteiger partial charge is 0.325 e. The van der Waals surface area contributed by atoms with Gasteiger partial charge in [-0.1, -0.05) is 18.2 Å². The third kappa shape index (κ3) is 2.62. The molecule has 1 amide bonds. The van der Waals surface area contributed by atoms with Gasteiger partial charge in [0.1, 0.15) is 17.9 Å². The summed E-state index contributed by atoms with van der Waals surface area (Å²) in [6.07, 6.45) is 2.61. The Kier molecular flexibility index (Phi) is 3.48.